The molecule has 0 aromatic carbocycles. The van der Waals surface area contributed by atoms with Crippen LogP contribution < -0.4 is 5.73 Å². The molecule has 5 nitrogen and oxygen atoms in total. The van der Waals surface area contributed by atoms with Crippen LogP contribution in [0.1, 0.15) is 32.0 Å². The highest BCUT2D eigenvalue weighted by Crippen LogP contribution is 2.19. The number of nitrogens with zero attached hydrogens (tertiary/aromatic N) is 4. The number of hydrogen-bond acceptors (Lipinski definition) is 4. The summed E-state index contributed by atoms with van der Waals surface area (Å²) in [4.78, 5) is 5.11. The van der Waals surface area contributed by atoms with Crippen LogP contribution in [0.5, 0.6) is 0 Å². The van der Waals surface area contributed by atoms with Crippen molar-refractivity contribution < 1.29 is 0 Å². The third-order valence-electron chi connectivity index (χ3n) is 4.97. The first-order valence-electron chi connectivity index (χ1n) is 7.93. The minimum Gasteiger partial charge on any atom is -0.326 e. The summed E-state index contributed by atoms with van der Waals surface area (Å²) in [5.74, 6) is 0. The maximum Gasteiger partial charge on any atom is 0.0640 e. The van der Waals surface area contributed by atoms with E-state index in [9.17, 15) is 0 Å². The number of rotatable bonds is 5. The van der Waals surface area contributed by atoms with Crippen LogP contribution in [0.3, 0.4) is 0 Å². The van der Waals surface area contributed by atoms with Gasteiger partial charge in [-0.25, -0.2) is 0 Å². The smallest absolute Gasteiger partial charge is 0.0640 e. The summed E-state index contributed by atoms with van der Waals surface area (Å²) in [6.07, 6.45) is 4.09. The Balaban J connectivity index is 1.61. The van der Waals surface area contributed by atoms with Crippen molar-refractivity contribution in [1.82, 2.24) is 19.6 Å². The lowest BCUT2D eigenvalue weighted by Crippen LogP contribution is -2.66. The van der Waals surface area contributed by atoms with Gasteiger partial charge in [0, 0.05) is 63.5 Å². The zero-order chi connectivity index (χ0) is 14.1. The normalized spacial score (nSPS) is 32.2. The lowest BCUT2D eigenvalue weighted by molar-refractivity contribution is 0.00245. The minimum absolute atomic E-state index is 0.193. The molecule has 1 aromatic rings. The van der Waals surface area contributed by atoms with E-state index in [1.54, 1.807) is 0 Å². The summed E-state index contributed by atoms with van der Waals surface area (Å²) < 4.78 is 2.07. The summed E-state index contributed by atoms with van der Waals surface area (Å²) >= 11 is 0. The summed E-state index contributed by atoms with van der Waals surface area (Å²) in [5, 5.41) is 4.68. The molecule has 2 bridgehead atoms. The van der Waals surface area contributed by atoms with Crippen molar-refractivity contribution in [2.45, 2.75) is 44.8 Å². The first-order chi connectivity index (χ1) is 9.67. The second-order valence-corrected chi connectivity index (χ2v) is 6.32. The van der Waals surface area contributed by atoms with E-state index in [1.807, 2.05) is 0 Å². The Morgan fingerprint density at radius 3 is 2.70 bits per heavy atom. The van der Waals surface area contributed by atoms with E-state index in [-0.39, 0.29) is 6.04 Å². The third-order valence-corrected chi connectivity index (χ3v) is 4.97. The van der Waals surface area contributed by atoms with E-state index < -0.39 is 0 Å². The highest BCUT2D eigenvalue weighted by Gasteiger charge is 2.35. The van der Waals surface area contributed by atoms with Crippen LogP contribution in [0, 0.1) is 0 Å². The SMILES string of the molecule is CCC(C)n1ccc(CC(N)C2CN3CCN2CC3)n1. The predicted octanol–water partition coefficient (Wildman–Crippen LogP) is 0.724. The van der Waals surface area contributed by atoms with Crippen LogP contribution >= 0.6 is 0 Å². The highest BCUT2D eigenvalue weighted by molar-refractivity contribution is 5.05. The highest BCUT2D eigenvalue weighted by atomic mass is 15.4. The average molecular weight is 277 g/mol. The fraction of sp³-hybridized carbons (Fsp3) is 0.800. The molecule has 112 valence electrons. The van der Waals surface area contributed by atoms with Crippen molar-refractivity contribution >= 4 is 0 Å². The van der Waals surface area contributed by atoms with Crippen LogP contribution in [0.25, 0.3) is 0 Å². The van der Waals surface area contributed by atoms with Crippen molar-refractivity contribution in [1.29, 1.82) is 0 Å². The summed E-state index contributed by atoms with van der Waals surface area (Å²) in [7, 11) is 0. The van der Waals surface area contributed by atoms with Gasteiger partial charge in [0.05, 0.1) is 5.69 Å². The number of piperazine rings is 3. The molecule has 4 heterocycles. The van der Waals surface area contributed by atoms with Gasteiger partial charge in [-0.3, -0.25) is 14.5 Å². The molecule has 3 atom stereocenters. The van der Waals surface area contributed by atoms with Crippen LogP contribution in [-0.2, 0) is 6.42 Å². The molecule has 3 aliphatic rings. The van der Waals surface area contributed by atoms with Crippen LogP contribution in [0.2, 0.25) is 0 Å². The molecule has 20 heavy (non-hydrogen) atoms. The van der Waals surface area contributed by atoms with Crippen molar-refractivity contribution in [3.63, 3.8) is 0 Å². The van der Waals surface area contributed by atoms with Crippen molar-refractivity contribution in [2.24, 2.45) is 5.73 Å². The maximum absolute atomic E-state index is 6.47. The van der Waals surface area contributed by atoms with Crippen molar-refractivity contribution in [2.75, 3.05) is 32.7 Å². The average Bonchev–Trinajstić information content (AvgIpc) is 2.96. The van der Waals surface area contributed by atoms with Gasteiger partial charge in [0.25, 0.3) is 0 Å². The van der Waals surface area contributed by atoms with Crippen LogP contribution in [-0.4, -0.2) is 64.4 Å². The van der Waals surface area contributed by atoms with E-state index in [1.165, 1.54) is 26.2 Å². The predicted molar refractivity (Wildman–Crippen MR) is 80.7 cm³/mol. The lowest BCUT2D eigenvalue weighted by atomic mass is 9.97. The van der Waals surface area contributed by atoms with Gasteiger partial charge in [0.1, 0.15) is 0 Å². The molecule has 3 unspecified atom stereocenters. The molecular weight excluding hydrogens is 250 g/mol. The molecule has 1 aromatic heterocycles. The lowest BCUT2D eigenvalue weighted by Gasteiger charge is -2.49. The molecule has 4 rings (SSSR count). The fourth-order valence-electron chi connectivity index (χ4n) is 3.36. The largest absolute Gasteiger partial charge is 0.326 e. The van der Waals surface area contributed by atoms with Crippen LogP contribution in [0.15, 0.2) is 12.3 Å². The minimum atomic E-state index is 0.193. The Bertz CT molecular complexity index is 435. The molecule has 0 saturated carbocycles. The Kier molecular flexibility index (Phi) is 4.10. The zero-order valence-electron chi connectivity index (χ0n) is 12.7. The third kappa shape index (κ3) is 2.75. The van der Waals surface area contributed by atoms with Gasteiger partial charge >= 0.3 is 0 Å². The number of fused-ring (bicyclic) bond motifs is 3. The van der Waals surface area contributed by atoms with E-state index >= 15 is 0 Å². The molecule has 2 N–H and O–H groups in total. The molecule has 0 spiro atoms. The second kappa shape index (κ2) is 5.84. The molecule has 0 radical (unpaired) electrons. The first-order valence-corrected chi connectivity index (χ1v) is 7.93. The van der Waals surface area contributed by atoms with E-state index in [4.69, 9.17) is 5.73 Å². The van der Waals surface area contributed by atoms with Gasteiger partial charge in [-0.05, 0) is 19.4 Å². The van der Waals surface area contributed by atoms with Gasteiger partial charge in [-0.15, -0.1) is 0 Å². The summed E-state index contributed by atoms with van der Waals surface area (Å²) in [6.45, 7) is 10.3. The monoisotopic (exact) mass is 277 g/mol. The zero-order valence-corrected chi connectivity index (χ0v) is 12.7. The van der Waals surface area contributed by atoms with Gasteiger partial charge in [0.2, 0.25) is 0 Å². The molecule has 3 aliphatic heterocycles. The quantitative estimate of drug-likeness (QED) is 0.862. The standard InChI is InChI=1S/C15H27N5/c1-3-12(2)20-5-4-13(17-20)10-14(16)15-11-18-6-8-19(15)9-7-18/h4-5,12,14-15H,3,6-11,16H2,1-2H3. The fourth-order valence-corrected chi connectivity index (χ4v) is 3.36. The Hall–Kier alpha value is -0.910. The molecular formula is C15H27N5. The summed E-state index contributed by atoms with van der Waals surface area (Å²) in [5.41, 5.74) is 7.60. The number of hydrogen-bond donors (Lipinski definition) is 1. The molecule has 5 heteroatoms. The Labute approximate surface area is 121 Å². The maximum atomic E-state index is 6.47. The Morgan fingerprint density at radius 2 is 2.10 bits per heavy atom. The topological polar surface area (TPSA) is 50.3 Å². The molecule has 3 saturated heterocycles. The van der Waals surface area contributed by atoms with E-state index in [0.29, 0.717) is 12.1 Å². The number of nitrogens with two attached hydrogens (primary N) is 1. The summed E-state index contributed by atoms with van der Waals surface area (Å²) in [6, 6.07) is 3.30. The number of aromatic nitrogens is 2. The van der Waals surface area contributed by atoms with Crippen molar-refractivity contribution in [3.8, 4) is 0 Å². The molecule has 0 aliphatic carbocycles. The van der Waals surface area contributed by atoms with E-state index in [0.717, 1.165) is 25.1 Å². The van der Waals surface area contributed by atoms with Crippen LogP contribution in [0.4, 0.5) is 0 Å². The Morgan fingerprint density at radius 1 is 1.35 bits per heavy atom. The molecule has 3 fully saturated rings. The van der Waals surface area contributed by atoms with Gasteiger partial charge < -0.3 is 5.73 Å². The van der Waals surface area contributed by atoms with Gasteiger partial charge in [-0.1, -0.05) is 6.92 Å². The van der Waals surface area contributed by atoms with E-state index in [2.05, 4.69) is 45.7 Å². The second-order valence-electron chi connectivity index (χ2n) is 6.32. The molecule has 0 amide bonds. The van der Waals surface area contributed by atoms with Gasteiger partial charge in [0.15, 0.2) is 0 Å². The first kappa shape index (κ1) is 14.0. The van der Waals surface area contributed by atoms with Gasteiger partial charge in [-0.2, -0.15) is 5.10 Å². The van der Waals surface area contributed by atoms with Crippen molar-refractivity contribution in [3.05, 3.63) is 18.0 Å².